The molecular formula is C12H17NO2S. The number of nitrogen functional groups attached to an aromatic ring is 1. The predicted molar refractivity (Wildman–Crippen MR) is 67.7 cm³/mol. The second kappa shape index (κ2) is 4.78. The smallest absolute Gasteiger partial charge is 0.309 e. The summed E-state index contributed by atoms with van der Waals surface area (Å²) in [6.45, 7) is 5.44. The molecule has 0 radical (unpaired) electrons. The molecule has 0 saturated heterocycles. The molecule has 0 aliphatic heterocycles. The summed E-state index contributed by atoms with van der Waals surface area (Å²) in [5.41, 5.74) is 6.77. The zero-order valence-electron chi connectivity index (χ0n) is 9.78. The molecule has 1 aromatic carbocycles. The maximum Gasteiger partial charge on any atom is 0.309 e. The molecule has 0 atom stereocenters. The van der Waals surface area contributed by atoms with Crippen LogP contribution in [-0.2, 0) is 4.79 Å². The van der Waals surface area contributed by atoms with Crippen LogP contribution in [0.15, 0.2) is 23.1 Å². The molecule has 4 heteroatoms. The van der Waals surface area contributed by atoms with Gasteiger partial charge in [-0.3, -0.25) is 4.79 Å². The van der Waals surface area contributed by atoms with E-state index in [0.717, 1.165) is 16.1 Å². The van der Waals surface area contributed by atoms with Gasteiger partial charge >= 0.3 is 5.97 Å². The first-order chi connectivity index (χ1) is 7.33. The molecule has 0 spiro atoms. The van der Waals surface area contributed by atoms with E-state index in [1.165, 1.54) is 0 Å². The van der Waals surface area contributed by atoms with Gasteiger partial charge in [0.05, 0.1) is 5.41 Å². The van der Waals surface area contributed by atoms with Crippen molar-refractivity contribution in [1.82, 2.24) is 0 Å². The third-order valence-corrected chi connectivity index (χ3v) is 4.00. The Morgan fingerprint density at radius 1 is 1.50 bits per heavy atom. The summed E-state index contributed by atoms with van der Waals surface area (Å²) in [6, 6.07) is 5.67. The van der Waals surface area contributed by atoms with E-state index in [4.69, 9.17) is 10.8 Å². The molecule has 0 aromatic heterocycles. The molecule has 0 heterocycles. The number of carboxylic acid groups (broad SMARTS) is 1. The van der Waals surface area contributed by atoms with Crippen LogP contribution in [0.4, 0.5) is 5.69 Å². The van der Waals surface area contributed by atoms with E-state index in [9.17, 15) is 4.79 Å². The molecule has 0 bridgehead atoms. The fourth-order valence-corrected chi connectivity index (χ4v) is 2.25. The lowest BCUT2D eigenvalue weighted by Gasteiger charge is -2.18. The molecule has 88 valence electrons. The first-order valence-corrected chi connectivity index (χ1v) is 6.04. The summed E-state index contributed by atoms with van der Waals surface area (Å²) >= 11 is 1.55. The lowest BCUT2D eigenvalue weighted by atomic mass is 9.97. The SMILES string of the molecule is Cc1cc(N)ccc1SCC(C)(C)C(=O)O. The fourth-order valence-electron chi connectivity index (χ4n) is 1.15. The number of carbonyl (C=O) groups is 1. The largest absolute Gasteiger partial charge is 0.481 e. The Morgan fingerprint density at radius 2 is 2.12 bits per heavy atom. The minimum absolute atomic E-state index is 0.549. The summed E-state index contributed by atoms with van der Waals surface area (Å²) in [6.07, 6.45) is 0. The van der Waals surface area contributed by atoms with E-state index in [0.29, 0.717) is 5.75 Å². The van der Waals surface area contributed by atoms with E-state index >= 15 is 0 Å². The lowest BCUT2D eigenvalue weighted by Crippen LogP contribution is -2.26. The van der Waals surface area contributed by atoms with Gasteiger partial charge in [0.2, 0.25) is 0 Å². The lowest BCUT2D eigenvalue weighted by molar-refractivity contribution is -0.145. The molecule has 0 aliphatic rings. The van der Waals surface area contributed by atoms with Gasteiger partial charge in [0.15, 0.2) is 0 Å². The Morgan fingerprint density at radius 3 is 2.62 bits per heavy atom. The minimum atomic E-state index is -0.770. The summed E-state index contributed by atoms with van der Waals surface area (Å²) in [7, 11) is 0. The average Bonchev–Trinajstić information content (AvgIpc) is 2.16. The molecule has 0 unspecified atom stereocenters. The first kappa shape index (κ1) is 12.9. The Labute approximate surface area is 100 Å². The van der Waals surface area contributed by atoms with Crippen molar-refractivity contribution in [3.63, 3.8) is 0 Å². The van der Waals surface area contributed by atoms with Crippen molar-refractivity contribution in [3.05, 3.63) is 23.8 Å². The van der Waals surface area contributed by atoms with E-state index in [1.807, 2.05) is 25.1 Å². The summed E-state index contributed by atoms with van der Waals surface area (Å²) < 4.78 is 0. The normalized spacial score (nSPS) is 11.4. The highest BCUT2D eigenvalue weighted by Gasteiger charge is 2.27. The summed E-state index contributed by atoms with van der Waals surface area (Å²) in [5.74, 6) is -0.222. The Balaban J connectivity index is 2.72. The quantitative estimate of drug-likeness (QED) is 0.626. The van der Waals surface area contributed by atoms with Crippen molar-refractivity contribution < 1.29 is 9.90 Å². The highest BCUT2D eigenvalue weighted by atomic mass is 32.2. The van der Waals surface area contributed by atoms with Crippen LogP contribution in [0.5, 0.6) is 0 Å². The van der Waals surface area contributed by atoms with Gasteiger partial charge in [0.1, 0.15) is 0 Å². The van der Waals surface area contributed by atoms with E-state index in [1.54, 1.807) is 25.6 Å². The number of carboxylic acids is 1. The van der Waals surface area contributed by atoms with Gasteiger partial charge in [-0.2, -0.15) is 0 Å². The van der Waals surface area contributed by atoms with Crippen molar-refractivity contribution >= 4 is 23.4 Å². The molecule has 3 nitrogen and oxygen atoms in total. The third kappa shape index (κ3) is 3.17. The topological polar surface area (TPSA) is 63.3 Å². The van der Waals surface area contributed by atoms with Crippen LogP contribution in [0.2, 0.25) is 0 Å². The summed E-state index contributed by atoms with van der Waals surface area (Å²) in [5, 5.41) is 9.00. The maximum atomic E-state index is 10.9. The van der Waals surface area contributed by atoms with Crippen LogP contribution >= 0.6 is 11.8 Å². The number of anilines is 1. The minimum Gasteiger partial charge on any atom is -0.481 e. The molecule has 1 rings (SSSR count). The Hall–Kier alpha value is -1.16. The van der Waals surface area contributed by atoms with E-state index < -0.39 is 11.4 Å². The molecule has 0 fully saturated rings. The van der Waals surface area contributed by atoms with Gasteiger partial charge in [0.25, 0.3) is 0 Å². The Bertz CT molecular complexity index is 402. The van der Waals surface area contributed by atoms with Gasteiger partial charge in [-0.05, 0) is 44.5 Å². The highest BCUT2D eigenvalue weighted by molar-refractivity contribution is 7.99. The Kier molecular flexibility index (Phi) is 3.86. The number of aryl methyl sites for hydroxylation is 1. The number of hydrogen-bond acceptors (Lipinski definition) is 3. The van der Waals surface area contributed by atoms with Crippen LogP contribution < -0.4 is 5.73 Å². The van der Waals surface area contributed by atoms with Crippen molar-refractivity contribution in [3.8, 4) is 0 Å². The maximum absolute atomic E-state index is 10.9. The average molecular weight is 239 g/mol. The van der Waals surface area contributed by atoms with Crippen molar-refractivity contribution in [2.75, 3.05) is 11.5 Å². The van der Waals surface area contributed by atoms with Crippen LogP contribution in [0, 0.1) is 12.3 Å². The number of thioether (sulfide) groups is 1. The van der Waals surface area contributed by atoms with E-state index in [2.05, 4.69) is 0 Å². The van der Waals surface area contributed by atoms with Crippen LogP contribution in [0.3, 0.4) is 0 Å². The zero-order valence-corrected chi connectivity index (χ0v) is 10.6. The second-order valence-electron chi connectivity index (χ2n) is 4.50. The number of aliphatic carboxylic acids is 1. The number of rotatable bonds is 4. The van der Waals surface area contributed by atoms with Gasteiger partial charge in [0, 0.05) is 16.3 Å². The molecule has 0 saturated carbocycles. The molecule has 3 N–H and O–H groups in total. The first-order valence-electron chi connectivity index (χ1n) is 5.05. The number of benzene rings is 1. The summed E-state index contributed by atoms with van der Waals surface area (Å²) in [4.78, 5) is 12.0. The van der Waals surface area contributed by atoms with Crippen molar-refractivity contribution in [2.45, 2.75) is 25.7 Å². The fraction of sp³-hybridized carbons (Fsp3) is 0.417. The monoisotopic (exact) mass is 239 g/mol. The molecule has 16 heavy (non-hydrogen) atoms. The zero-order chi connectivity index (χ0) is 12.3. The number of nitrogens with two attached hydrogens (primary N) is 1. The molecule has 0 amide bonds. The number of hydrogen-bond donors (Lipinski definition) is 2. The van der Waals surface area contributed by atoms with Crippen LogP contribution in [0.25, 0.3) is 0 Å². The second-order valence-corrected chi connectivity index (χ2v) is 5.52. The van der Waals surface area contributed by atoms with Crippen molar-refractivity contribution in [1.29, 1.82) is 0 Å². The molecular weight excluding hydrogens is 222 g/mol. The standard InChI is InChI=1S/C12H17NO2S/c1-8-6-9(13)4-5-10(8)16-7-12(2,3)11(14)15/h4-6H,7,13H2,1-3H3,(H,14,15). The van der Waals surface area contributed by atoms with Crippen LogP contribution in [0.1, 0.15) is 19.4 Å². The molecule has 1 aromatic rings. The van der Waals surface area contributed by atoms with Gasteiger partial charge in [-0.25, -0.2) is 0 Å². The molecule has 0 aliphatic carbocycles. The van der Waals surface area contributed by atoms with Gasteiger partial charge < -0.3 is 10.8 Å². The van der Waals surface area contributed by atoms with Crippen molar-refractivity contribution in [2.24, 2.45) is 5.41 Å². The highest BCUT2D eigenvalue weighted by Crippen LogP contribution is 2.30. The third-order valence-electron chi connectivity index (χ3n) is 2.37. The van der Waals surface area contributed by atoms with Gasteiger partial charge in [-0.15, -0.1) is 11.8 Å². The van der Waals surface area contributed by atoms with Gasteiger partial charge in [-0.1, -0.05) is 0 Å². The van der Waals surface area contributed by atoms with E-state index in [-0.39, 0.29) is 0 Å². The van der Waals surface area contributed by atoms with Crippen LogP contribution in [-0.4, -0.2) is 16.8 Å². The predicted octanol–water partition coefficient (Wildman–Crippen LogP) is 2.78.